The molecule has 0 aliphatic carbocycles. The molecule has 2 aromatic carbocycles. The van der Waals surface area contributed by atoms with Gasteiger partial charge < -0.3 is 20.3 Å². The number of nitrogens with zero attached hydrogens (tertiary/aromatic N) is 2. The van der Waals surface area contributed by atoms with Crippen molar-refractivity contribution in [1.29, 1.82) is 0 Å². The van der Waals surface area contributed by atoms with Gasteiger partial charge in [-0.2, -0.15) is 0 Å². The van der Waals surface area contributed by atoms with E-state index in [1.807, 2.05) is 48.5 Å². The number of para-hydroxylation sites is 2. The monoisotopic (exact) mass is 444 g/mol. The first-order valence-corrected chi connectivity index (χ1v) is 11.1. The number of carbonyl (C=O) groups is 2. The van der Waals surface area contributed by atoms with Crippen molar-refractivity contribution in [3.8, 4) is 5.75 Å². The molecular formula is C26H28N4O3. The molecule has 170 valence electrons. The molecule has 7 heteroatoms. The van der Waals surface area contributed by atoms with Crippen LogP contribution in [-0.2, 0) is 6.54 Å². The molecule has 0 radical (unpaired) electrons. The zero-order valence-electron chi connectivity index (χ0n) is 18.7. The summed E-state index contributed by atoms with van der Waals surface area (Å²) >= 11 is 0. The minimum Gasteiger partial charge on any atom is -0.496 e. The van der Waals surface area contributed by atoms with E-state index >= 15 is 0 Å². The van der Waals surface area contributed by atoms with Crippen LogP contribution in [-0.4, -0.2) is 43.0 Å². The van der Waals surface area contributed by atoms with Crippen LogP contribution < -0.4 is 20.3 Å². The summed E-state index contributed by atoms with van der Waals surface area (Å²) in [5.74, 6) is 0.343. The second-order valence-corrected chi connectivity index (χ2v) is 7.99. The van der Waals surface area contributed by atoms with E-state index in [0.29, 0.717) is 23.4 Å². The summed E-state index contributed by atoms with van der Waals surface area (Å²) < 4.78 is 5.30. The van der Waals surface area contributed by atoms with Crippen molar-refractivity contribution >= 4 is 17.5 Å². The largest absolute Gasteiger partial charge is 0.496 e. The van der Waals surface area contributed by atoms with E-state index in [1.165, 1.54) is 0 Å². The highest BCUT2D eigenvalue weighted by Gasteiger charge is 2.24. The SMILES string of the molecule is COc1ccccc1C(=O)NC1CCN(c2ccccc2C(=O)NCc2ccncc2)CC1. The minimum absolute atomic E-state index is 0.0753. The lowest BCUT2D eigenvalue weighted by Gasteiger charge is -2.35. The van der Waals surface area contributed by atoms with Gasteiger partial charge in [-0.3, -0.25) is 14.6 Å². The first-order valence-electron chi connectivity index (χ1n) is 11.1. The fraction of sp³-hybridized carbons (Fsp3) is 0.269. The van der Waals surface area contributed by atoms with Crippen LogP contribution in [0.4, 0.5) is 5.69 Å². The Hall–Kier alpha value is -3.87. The lowest BCUT2D eigenvalue weighted by molar-refractivity contribution is 0.0926. The number of hydrogen-bond donors (Lipinski definition) is 2. The molecule has 7 nitrogen and oxygen atoms in total. The second kappa shape index (κ2) is 10.6. The molecule has 33 heavy (non-hydrogen) atoms. The van der Waals surface area contributed by atoms with E-state index in [1.54, 1.807) is 31.6 Å². The summed E-state index contributed by atoms with van der Waals surface area (Å²) in [4.78, 5) is 31.8. The predicted octanol–water partition coefficient (Wildman–Crippen LogP) is 3.42. The standard InChI is InChI=1S/C26H28N4O3/c1-33-24-9-5-3-7-22(24)26(32)29-20-12-16-30(17-13-20)23-8-4-2-6-21(23)25(31)28-18-19-10-14-27-15-11-19/h2-11,14-15,20H,12-13,16-18H2,1H3,(H,28,31)(H,29,32). The van der Waals surface area contributed by atoms with Gasteiger partial charge in [0.05, 0.1) is 18.2 Å². The van der Waals surface area contributed by atoms with Crippen LogP contribution in [0.15, 0.2) is 73.1 Å². The smallest absolute Gasteiger partial charge is 0.255 e. The number of pyridine rings is 1. The average Bonchev–Trinajstić information content (AvgIpc) is 2.88. The molecule has 2 heterocycles. The molecule has 1 aliphatic heterocycles. The van der Waals surface area contributed by atoms with Crippen LogP contribution in [0, 0.1) is 0 Å². The average molecular weight is 445 g/mol. The van der Waals surface area contributed by atoms with Gasteiger partial charge in [0.25, 0.3) is 11.8 Å². The zero-order chi connectivity index (χ0) is 23.0. The molecule has 0 saturated carbocycles. The Balaban J connectivity index is 1.36. The first kappa shape index (κ1) is 22.3. The van der Waals surface area contributed by atoms with Gasteiger partial charge in [0.1, 0.15) is 5.75 Å². The van der Waals surface area contributed by atoms with Crippen molar-refractivity contribution in [2.24, 2.45) is 0 Å². The first-order chi connectivity index (χ1) is 16.2. The highest BCUT2D eigenvalue weighted by atomic mass is 16.5. The number of carbonyl (C=O) groups excluding carboxylic acids is 2. The van der Waals surface area contributed by atoms with Crippen LogP contribution >= 0.6 is 0 Å². The highest BCUT2D eigenvalue weighted by molar-refractivity contribution is 6.00. The van der Waals surface area contributed by atoms with Crippen molar-refractivity contribution in [2.75, 3.05) is 25.1 Å². The number of methoxy groups -OCH3 is 1. The Morgan fingerprint density at radius 3 is 2.33 bits per heavy atom. The summed E-state index contributed by atoms with van der Waals surface area (Å²) in [6.07, 6.45) is 5.03. The number of anilines is 1. The van der Waals surface area contributed by atoms with Crippen molar-refractivity contribution in [3.05, 3.63) is 89.7 Å². The Bertz CT molecular complexity index is 1100. The molecule has 1 fully saturated rings. The molecule has 1 aliphatic rings. The molecule has 2 N–H and O–H groups in total. The van der Waals surface area contributed by atoms with E-state index in [0.717, 1.165) is 37.2 Å². The number of hydrogen-bond acceptors (Lipinski definition) is 5. The Kier molecular flexibility index (Phi) is 7.19. The Morgan fingerprint density at radius 1 is 0.939 bits per heavy atom. The van der Waals surface area contributed by atoms with Gasteiger partial charge in [0.2, 0.25) is 0 Å². The van der Waals surface area contributed by atoms with Crippen molar-refractivity contribution in [1.82, 2.24) is 15.6 Å². The molecule has 0 atom stereocenters. The molecular weight excluding hydrogens is 416 g/mol. The van der Waals surface area contributed by atoms with Crippen LogP contribution in [0.25, 0.3) is 0 Å². The molecule has 1 saturated heterocycles. The van der Waals surface area contributed by atoms with Gasteiger partial charge in [0, 0.05) is 43.8 Å². The van der Waals surface area contributed by atoms with Crippen LogP contribution in [0.1, 0.15) is 39.1 Å². The van der Waals surface area contributed by atoms with E-state index in [4.69, 9.17) is 4.74 Å². The Labute approximate surface area is 193 Å². The van der Waals surface area contributed by atoms with Gasteiger partial charge in [0.15, 0.2) is 0 Å². The molecule has 0 unspecified atom stereocenters. The summed E-state index contributed by atoms with van der Waals surface area (Å²) in [5.41, 5.74) is 3.11. The maximum atomic E-state index is 12.9. The van der Waals surface area contributed by atoms with Gasteiger partial charge >= 0.3 is 0 Å². The predicted molar refractivity (Wildman–Crippen MR) is 128 cm³/mol. The van der Waals surface area contributed by atoms with Gasteiger partial charge in [-0.05, 0) is 54.8 Å². The fourth-order valence-corrected chi connectivity index (χ4v) is 4.08. The number of amides is 2. The van der Waals surface area contributed by atoms with E-state index in [9.17, 15) is 9.59 Å². The van der Waals surface area contributed by atoms with Crippen molar-refractivity contribution < 1.29 is 14.3 Å². The van der Waals surface area contributed by atoms with Crippen LogP contribution in [0.2, 0.25) is 0 Å². The molecule has 0 bridgehead atoms. The summed E-state index contributed by atoms with van der Waals surface area (Å²) in [6.45, 7) is 1.96. The lowest BCUT2D eigenvalue weighted by atomic mass is 10.0. The quantitative estimate of drug-likeness (QED) is 0.584. The van der Waals surface area contributed by atoms with Crippen molar-refractivity contribution in [2.45, 2.75) is 25.4 Å². The fourth-order valence-electron chi connectivity index (χ4n) is 4.08. The number of aromatic nitrogens is 1. The van der Waals surface area contributed by atoms with Crippen LogP contribution in [0.5, 0.6) is 5.75 Å². The maximum Gasteiger partial charge on any atom is 0.255 e. The third-order valence-corrected chi connectivity index (χ3v) is 5.87. The highest BCUT2D eigenvalue weighted by Crippen LogP contribution is 2.25. The second-order valence-electron chi connectivity index (χ2n) is 7.99. The number of benzene rings is 2. The molecule has 4 rings (SSSR count). The summed E-state index contributed by atoms with van der Waals surface area (Å²) in [7, 11) is 1.56. The number of ether oxygens (including phenoxy) is 1. The third-order valence-electron chi connectivity index (χ3n) is 5.87. The van der Waals surface area contributed by atoms with Gasteiger partial charge in [-0.25, -0.2) is 0 Å². The van der Waals surface area contributed by atoms with Crippen molar-refractivity contribution in [3.63, 3.8) is 0 Å². The van der Waals surface area contributed by atoms with Crippen LogP contribution in [0.3, 0.4) is 0 Å². The summed E-state index contributed by atoms with van der Waals surface area (Å²) in [6, 6.07) is 18.7. The maximum absolute atomic E-state index is 12.9. The number of piperidine rings is 1. The summed E-state index contributed by atoms with van der Waals surface area (Å²) in [5, 5.41) is 6.12. The van der Waals surface area contributed by atoms with Gasteiger partial charge in [-0.15, -0.1) is 0 Å². The normalized spacial score (nSPS) is 13.9. The Morgan fingerprint density at radius 2 is 1.61 bits per heavy atom. The molecule has 2 amide bonds. The van der Waals surface area contributed by atoms with E-state index in [-0.39, 0.29) is 17.9 Å². The molecule has 0 spiro atoms. The minimum atomic E-state index is -0.123. The molecule has 1 aromatic heterocycles. The van der Waals surface area contributed by atoms with E-state index < -0.39 is 0 Å². The number of nitrogens with one attached hydrogen (secondary N) is 2. The number of rotatable bonds is 7. The zero-order valence-corrected chi connectivity index (χ0v) is 18.7. The van der Waals surface area contributed by atoms with Gasteiger partial charge in [-0.1, -0.05) is 24.3 Å². The molecule has 3 aromatic rings. The van der Waals surface area contributed by atoms with E-state index in [2.05, 4.69) is 20.5 Å². The lowest BCUT2D eigenvalue weighted by Crippen LogP contribution is -2.45. The third kappa shape index (κ3) is 5.49. The topological polar surface area (TPSA) is 83.6 Å².